The van der Waals surface area contributed by atoms with Crippen molar-refractivity contribution in [3.8, 4) is 0 Å². The van der Waals surface area contributed by atoms with Gasteiger partial charge < -0.3 is 10.0 Å². The van der Waals surface area contributed by atoms with Gasteiger partial charge in [-0.15, -0.1) is 0 Å². The van der Waals surface area contributed by atoms with Crippen molar-refractivity contribution >= 4 is 15.7 Å². The molecule has 1 amide bonds. The number of carbonyl (C=O) groups excluding carboxylic acids is 1. The lowest BCUT2D eigenvalue weighted by Gasteiger charge is -2.19. The van der Waals surface area contributed by atoms with Gasteiger partial charge in [0.25, 0.3) is 0 Å². The Morgan fingerprint density at radius 2 is 1.95 bits per heavy atom. The molecule has 1 aliphatic rings. The molecule has 0 unspecified atom stereocenters. The van der Waals surface area contributed by atoms with E-state index < -0.39 is 15.9 Å². The predicted octanol–water partition coefficient (Wildman–Crippen LogP) is 0.444. The smallest absolute Gasteiger partial charge is 0.222 e. The van der Waals surface area contributed by atoms with Gasteiger partial charge in [0.1, 0.15) is 0 Å². The van der Waals surface area contributed by atoms with E-state index in [0.29, 0.717) is 13.0 Å². The number of carbonyl (C=O) groups is 1. The number of sulfone groups is 1. The van der Waals surface area contributed by atoms with Crippen LogP contribution in [0.1, 0.15) is 12.8 Å². The minimum absolute atomic E-state index is 0.0174. The van der Waals surface area contributed by atoms with E-state index in [1.165, 1.54) is 17.0 Å². The summed E-state index contributed by atoms with van der Waals surface area (Å²) in [5, 5.41) is 9.85. The summed E-state index contributed by atoms with van der Waals surface area (Å²) >= 11 is 0. The van der Waals surface area contributed by atoms with Crippen LogP contribution in [-0.2, 0) is 14.6 Å². The second-order valence-corrected chi connectivity index (χ2v) is 6.73. The SMILES string of the molecule is O=C1CCCN1C[C@@H](O)CS(=O)(=O)c1ccccc1. The van der Waals surface area contributed by atoms with Crippen LogP contribution in [0.5, 0.6) is 0 Å². The molecule has 1 fully saturated rings. The zero-order valence-corrected chi connectivity index (χ0v) is 11.3. The molecule has 1 aromatic carbocycles. The van der Waals surface area contributed by atoms with Gasteiger partial charge in [-0.1, -0.05) is 18.2 Å². The number of hydrogen-bond acceptors (Lipinski definition) is 4. The van der Waals surface area contributed by atoms with Crippen molar-refractivity contribution in [3.05, 3.63) is 30.3 Å². The molecule has 1 saturated heterocycles. The highest BCUT2D eigenvalue weighted by molar-refractivity contribution is 7.91. The van der Waals surface area contributed by atoms with Crippen LogP contribution in [0.4, 0.5) is 0 Å². The van der Waals surface area contributed by atoms with Gasteiger partial charge in [0.05, 0.1) is 16.8 Å². The lowest BCUT2D eigenvalue weighted by atomic mass is 10.4. The fourth-order valence-electron chi connectivity index (χ4n) is 2.18. The summed E-state index contributed by atoms with van der Waals surface area (Å²) < 4.78 is 24.1. The van der Waals surface area contributed by atoms with Crippen molar-refractivity contribution in [2.75, 3.05) is 18.8 Å². The van der Waals surface area contributed by atoms with Crippen LogP contribution in [0, 0.1) is 0 Å². The Kier molecular flexibility index (Phi) is 4.21. The molecule has 2 rings (SSSR count). The van der Waals surface area contributed by atoms with Crippen LogP contribution in [-0.4, -0.2) is 49.3 Å². The fourth-order valence-corrected chi connectivity index (χ4v) is 3.56. The van der Waals surface area contributed by atoms with Crippen molar-refractivity contribution < 1.29 is 18.3 Å². The first-order valence-electron chi connectivity index (χ1n) is 6.23. The van der Waals surface area contributed by atoms with Gasteiger partial charge >= 0.3 is 0 Å². The number of rotatable bonds is 5. The van der Waals surface area contributed by atoms with E-state index in [2.05, 4.69) is 0 Å². The maximum absolute atomic E-state index is 12.0. The Morgan fingerprint density at radius 1 is 1.26 bits per heavy atom. The average Bonchev–Trinajstić information content (AvgIpc) is 2.75. The molecule has 1 heterocycles. The molecule has 1 N–H and O–H groups in total. The van der Waals surface area contributed by atoms with Gasteiger partial charge in [0.15, 0.2) is 9.84 Å². The van der Waals surface area contributed by atoms with Crippen LogP contribution in [0.2, 0.25) is 0 Å². The van der Waals surface area contributed by atoms with Crippen LogP contribution in [0.15, 0.2) is 35.2 Å². The van der Waals surface area contributed by atoms with Gasteiger partial charge in [-0.25, -0.2) is 8.42 Å². The van der Waals surface area contributed by atoms with Crippen LogP contribution in [0.25, 0.3) is 0 Å². The fraction of sp³-hybridized carbons (Fsp3) is 0.462. The Bertz CT molecular complexity index is 541. The molecule has 1 atom stereocenters. The molecule has 0 saturated carbocycles. The van der Waals surface area contributed by atoms with Gasteiger partial charge in [-0.3, -0.25) is 4.79 Å². The van der Waals surface area contributed by atoms with E-state index in [-0.39, 0.29) is 23.1 Å². The minimum atomic E-state index is -3.51. The topological polar surface area (TPSA) is 74.7 Å². The summed E-state index contributed by atoms with van der Waals surface area (Å²) in [6, 6.07) is 8.02. The average molecular weight is 283 g/mol. The summed E-state index contributed by atoms with van der Waals surface area (Å²) in [7, 11) is -3.51. The second-order valence-electron chi connectivity index (χ2n) is 4.69. The molecule has 104 valence electrons. The highest BCUT2D eigenvalue weighted by Crippen LogP contribution is 2.14. The number of β-amino-alcohol motifs (C(OH)–C–C–N with tert-alkyl or cyclic N) is 1. The molecule has 0 aliphatic carbocycles. The molecule has 0 aromatic heterocycles. The summed E-state index contributed by atoms with van der Waals surface area (Å²) in [6.45, 7) is 0.687. The summed E-state index contributed by atoms with van der Waals surface area (Å²) in [6.07, 6.45) is 0.210. The third kappa shape index (κ3) is 3.54. The third-order valence-corrected chi connectivity index (χ3v) is 4.93. The highest BCUT2D eigenvalue weighted by atomic mass is 32.2. The number of benzene rings is 1. The van der Waals surface area contributed by atoms with Crippen LogP contribution < -0.4 is 0 Å². The molecular formula is C13H17NO4S. The van der Waals surface area contributed by atoms with Crippen molar-refractivity contribution in [1.82, 2.24) is 4.90 Å². The predicted molar refractivity (Wildman–Crippen MR) is 70.3 cm³/mol. The first-order valence-corrected chi connectivity index (χ1v) is 7.88. The molecule has 0 spiro atoms. The standard InChI is InChI=1S/C13H17NO4S/c15-11(9-14-8-4-7-13(14)16)10-19(17,18)12-5-2-1-3-6-12/h1-3,5-6,11,15H,4,7-10H2/t11-/m1/s1. The van der Waals surface area contributed by atoms with Gasteiger partial charge in [0, 0.05) is 19.5 Å². The lowest BCUT2D eigenvalue weighted by molar-refractivity contribution is -0.128. The molecule has 0 bridgehead atoms. The molecular weight excluding hydrogens is 266 g/mol. The Hall–Kier alpha value is -1.40. The molecule has 19 heavy (non-hydrogen) atoms. The summed E-state index contributed by atoms with van der Waals surface area (Å²) in [4.78, 5) is 13.1. The largest absolute Gasteiger partial charge is 0.390 e. The van der Waals surface area contributed by atoms with Crippen molar-refractivity contribution in [1.29, 1.82) is 0 Å². The molecule has 1 aliphatic heterocycles. The minimum Gasteiger partial charge on any atom is -0.390 e. The highest BCUT2D eigenvalue weighted by Gasteiger charge is 2.26. The Morgan fingerprint density at radius 3 is 2.53 bits per heavy atom. The quantitative estimate of drug-likeness (QED) is 0.851. The summed E-state index contributed by atoms with van der Waals surface area (Å²) in [5.41, 5.74) is 0. The van der Waals surface area contributed by atoms with E-state index in [1.807, 2.05) is 0 Å². The molecule has 6 heteroatoms. The van der Waals surface area contributed by atoms with Crippen molar-refractivity contribution in [2.24, 2.45) is 0 Å². The van der Waals surface area contributed by atoms with Crippen molar-refractivity contribution in [2.45, 2.75) is 23.8 Å². The molecule has 0 radical (unpaired) electrons. The summed E-state index contributed by atoms with van der Waals surface area (Å²) in [5.74, 6) is -0.378. The van der Waals surface area contributed by atoms with Gasteiger partial charge in [0.2, 0.25) is 5.91 Å². The second kappa shape index (κ2) is 5.71. The van der Waals surface area contributed by atoms with E-state index in [1.54, 1.807) is 18.2 Å². The zero-order chi connectivity index (χ0) is 13.9. The van der Waals surface area contributed by atoms with E-state index in [9.17, 15) is 18.3 Å². The molecule has 5 nitrogen and oxygen atoms in total. The number of aliphatic hydroxyl groups excluding tert-OH is 1. The van der Waals surface area contributed by atoms with E-state index >= 15 is 0 Å². The monoisotopic (exact) mass is 283 g/mol. The van der Waals surface area contributed by atoms with E-state index in [4.69, 9.17) is 0 Å². The van der Waals surface area contributed by atoms with Gasteiger partial charge in [-0.2, -0.15) is 0 Å². The third-order valence-electron chi connectivity index (χ3n) is 3.12. The maximum Gasteiger partial charge on any atom is 0.222 e. The van der Waals surface area contributed by atoms with Crippen LogP contribution in [0.3, 0.4) is 0 Å². The molecule has 1 aromatic rings. The normalized spacial score (nSPS) is 17.7. The van der Waals surface area contributed by atoms with Crippen molar-refractivity contribution in [3.63, 3.8) is 0 Å². The first-order chi connectivity index (χ1) is 8.99. The zero-order valence-electron chi connectivity index (χ0n) is 10.5. The number of likely N-dealkylation sites (tertiary alicyclic amines) is 1. The van der Waals surface area contributed by atoms with E-state index in [0.717, 1.165) is 6.42 Å². The number of nitrogens with zero attached hydrogens (tertiary/aromatic N) is 1. The first kappa shape index (κ1) is 14.0. The van der Waals surface area contributed by atoms with Crippen LogP contribution >= 0.6 is 0 Å². The number of aliphatic hydroxyl groups is 1. The lowest BCUT2D eigenvalue weighted by Crippen LogP contribution is -2.36. The number of amides is 1. The Balaban J connectivity index is 1.98. The van der Waals surface area contributed by atoms with Gasteiger partial charge in [-0.05, 0) is 18.6 Å². The maximum atomic E-state index is 12.0. The Labute approximate surface area is 112 Å². The number of hydrogen-bond donors (Lipinski definition) is 1.